The highest BCUT2D eigenvalue weighted by Crippen LogP contribution is 2.28. The number of amides is 1. The molecule has 1 aromatic carbocycles. The molecule has 0 fully saturated rings. The van der Waals surface area contributed by atoms with Crippen LogP contribution in [0, 0.1) is 0 Å². The fourth-order valence-corrected chi connectivity index (χ4v) is 1.76. The molecule has 0 bridgehead atoms. The lowest BCUT2D eigenvalue weighted by Gasteiger charge is -2.12. The van der Waals surface area contributed by atoms with Crippen LogP contribution in [0.5, 0.6) is 11.5 Å². The number of anilines is 1. The number of benzene rings is 1. The lowest BCUT2D eigenvalue weighted by molar-refractivity contribution is -0.120. The zero-order chi connectivity index (χ0) is 14.8. The fourth-order valence-electron chi connectivity index (χ4n) is 1.76. The SMILES string of the molecule is CCCCNC(=O)CCNc1cc(OC)ccc1OC. The van der Waals surface area contributed by atoms with E-state index < -0.39 is 0 Å². The molecule has 0 aliphatic heterocycles. The third kappa shape index (κ3) is 5.38. The molecule has 5 heteroatoms. The molecule has 0 aliphatic carbocycles. The molecular weight excluding hydrogens is 256 g/mol. The largest absolute Gasteiger partial charge is 0.497 e. The lowest BCUT2D eigenvalue weighted by atomic mass is 10.2. The van der Waals surface area contributed by atoms with Gasteiger partial charge in [-0.25, -0.2) is 0 Å². The van der Waals surface area contributed by atoms with Crippen LogP contribution in [0.25, 0.3) is 0 Å². The predicted octanol–water partition coefficient (Wildman–Crippen LogP) is 2.42. The summed E-state index contributed by atoms with van der Waals surface area (Å²) in [4.78, 5) is 11.6. The maximum Gasteiger partial charge on any atom is 0.221 e. The van der Waals surface area contributed by atoms with Crippen LogP contribution >= 0.6 is 0 Å². The molecule has 0 heterocycles. The van der Waals surface area contributed by atoms with E-state index in [0.29, 0.717) is 13.0 Å². The maximum atomic E-state index is 11.6. The summed E-state index contributed by atoms with van der Waals surface area (Å²) in [5, 5.41) is 6.08. The summed E-state index contributed by atoms with van der Waals surface area (Å²) in [5.74, 6) is 1.55. The van der Waals surface area contributed by atoms with Crippen LogP contribution in [-0.4, -0.2) is 33.2 Å². The van der Waals surface area contributed by atoms with Gasteiger partial charge in [0.15, 0.2) is 0 Å². The van der Waals surface area contributed by atoms with Crippen LogP contribution in [0.4, 0.5) is 5.69 Å². The van der Waals surface area contributed by atoms with Crippen molar-refractivity contribution in [3.63, 3.8) is 0 Å². The molecule has 1 aromatic rings. The first-order valence-corrected chi connectivity index (χ1v) is 6.93. The number of ether oxygens (including phenoxy) is 2. The van der Waals surface area contributed by atoms with Crippen molar-refractivity contribution in [2.24, 2.45) is 0 Å². The van der Waals surface area contributed by atoms with Crippen LogP contribution in [0.1, 0.15) is 26.2 Å². The first-order chi connectivity index (χ1) is 9.71. The highest BCUT2D eigenvalue weighted by molar-refractivity contribution is 5.76. The van der Waals surface area contributed by atoms with Crippen molar-refractivity contribution in [2.45, 2.75) is 26.2 Å². The molecule has 2 N–H and O–H groups in total. The Morgan fingerprint density at radius 2 is 2.00 bits per heavy atom. The minimum Gasteiger partial charge on any atom is -0.497 e. The molecule has 0 saturated heterocycles. The smallest absolute Gasteiger partial charge is 0.221 e. The van der Waals surface area contributed by atoms with Gasteiger partial charge in [0.05, 0.1) is 19.9 Å². The van der Waals surface area contributed by atoms with Gasteiger partial charge < -0.3 is 20.1 Å². The number of carbonyl (C=O) groups is 1. The topological polar surface area (TPSA) is 59.6 Å². The van der Waals surface area contributed by atoms with Gasteiger partial charge in [-0.1, -0.05) is 13.3 Å². The summed E-state index contributed by atoms with van der Waals surface area (Å²) >= 11 is 0. The van der Waals surface area contributed by atoms with E-state index in [-0.39, 0.29) is 5.91 Å². The first kappa shape index (κ1) is 16.1. The molecule has 0 aliphatic rings. The van der Waals surface area contributed by atoms with Gasteiger partial charge in [0.2, 0.25) is 5.91 Å². The Morgan fingerprint density at radius 3 is 2.65 bits per heavy atom. The molecule has 0 spiro atoms. The molecule has 1 rings (SSSR count). The molecular formula is C15H24N2O3. The quantitative estimate of drug-likeness (QED) is 0.682. The molecule has 1 amide bonds. The lowest BCUT2D eigenvalue weighted by Crippen LogP contribution is -2.26. The molecule has 0 radical (unpaired) electrons. The van der Waals surface area contributed by atoms with Crippen LogP contribution in [0.3, 0.4) is 0 Å². The third-order valence-corrected chi connectivity index (χ3v) is 2.93. The van der Waals surface area contributed by atoms with Gasteiger partial charge in [-0.15, -0.1) is 0 Å². The average Bonchev–Trinajstić information content (AvgIpc) is 2.47. The summed E-state index contributed by atoms with van der Waals surface area (Å²) in [7, 11) is 3.23. The Hall–Kier alpha value is -1.91. The number of unbranched alkanes of at least 4 members (excludes halogenated alkanes) is 1. The van der Waals surface area contributed by atoms with E-state index >= 15 is 0 Å². The van der Waals surface area contributed by atoms with E-state index in [1.165, 1.54) is 0 Å². The molecule has 0 unspecified atom stereocenters. The number of rotatable bonds is 9. The second-order valence-corrected chi connectivity index (χ2v) is 4.45. The van der Waals surface area contributed by atoms with Crippen molar-refractivity contribution in [1.29, 1.82) is 0 Å². The van der Waals surface area contributed by atoms with Gasteiger partial charge in [0.25, 0.3) is 0 Å². The third-order valence-electron chi connectivity index (χ3n) is 2.93. The van der Waals surface area contributed by atoms with Crippen molar-refractivity contribution < 1.29 is 14.3 Å². The zero-order valence-electron chi connectivity index (χ0n) is 12.5. The van der Waals surface area contributed by atoms with E-state index in [4.69, 9.17) is 9.47 Å². The van der Waals surface area contributed by atoms with E-state index in [0.717, 1.165) is 36.6 Å². The number of carbonyl (C=O) groups excluding carboxylic acids is 1. The van der Waals surface area contributed by atoms with Gasteiger partial charge >= 0.3 is 0 Å². The number of nitrogens with one attached hydrogen (secondary N) is 2. The Balaban J connectivity index is 2.42. The van der Waals surface area contributed by atoms with Crippen molar-refractivity contribution in [1.82, 2.24) is 5.32 Å². The van der Waals surface area contributed by atoms with Crippen LogP contribution in [0.2, 0.25) is 0 Å². The fraction of sp³-hybridized carbons (Fsp3) is 0.533. The standard InChI is InChI=1S/C15H24N2O3/c1-4-5-9-17-15(18)8-10-16-13-11-12(19-2)6-7-14(13)20-3/h6-7,11,16H,4-5,8-10H2,1-3H3,(H,17,18). The zero-order valence-corrected chi connectivity index (χ0v) is 12.5. The summed E-state index contributed by atoms with van der Waals surface area (Å²) < 4.78 is 10.4. The molecule has 0 aromatic heterocycles. The van der Waals surface area contributed by atoms with E-state index in [1.54, 1.807) is 14.2 Å². The Bertz CT molecular complexity index is 422. The predicted molar refractivity (Wildman–Crippen MR) is 80.6 cm³/mol. The molecule has 20 heavy (non-hydrogen) atoms. The van der Waals surface area contributed by atoms with Crippen LogP contribution < -0.4 is 20.1 Å². The summed E-state index contributed by atoms with van der Waals surface area (Å²) in [6.07, 6.45) is 2.53. The van der Waals surface area contributed by atoms with Gasteiger partial charge in [-0.05, 0) is 18.6 Å². The van der Waals surface area contributed by atoms with E-state index in [9.17, 15) is 4.79 Å². The van der Waals surface area contributed by atoms with Gasteiger partial charge in [-0.2, -0.15) is 0 Å². The number of methoxy groups -OCH3 is 2. The number of hydrogen-bond donors (Lipinski definition) is 2. The maximum absolute atomic E-state index is 11.6. The van der Waals surface area contributed by atoms with Crippen molar-refractivity contribution in [2.75, 3.05) is 32.6 Å². The Labute approximate surface area is 120 Å². The summed E-state index contributed by atoms with van der Waals surface area (Å²) in [5.41, 5.74) is 0.827. The second-order valence-electron chi connectivity index (χ2n) is 4.45. The minimum atomic E-state index is 0.0628. The molecule has 5 nitrogen and oxygen atoms in total. The van der Waals surface area contributed by atoms with Gasteiger partial charge in [-0.3, -0.25) is 4.79 Å². The summed E-state index contributed by atoms with van der Waals surface area (Å²) in [6, 6.07) is 5.53. The van der Waals surface area contributed by atoms with Crippen LogP contribution in [-0.2, 0) is 4.79 Å². The molecule has 0 atom stereocenters. The van der Waals surface area contributed by atoms with E-state index in [1.807, 2.05) is 18.2 Å². The minimum absolute atomic E-state index is 0.0628. The monoisotopic (exact) mass is 280 g/mol. The second kappa shape index (κ2) is 9.07. The highest BCUT2D eigenvalue weighted by Gasteiger charge is 2.05. The summed E-state index contributed by atoms with van der Waals surface area (Å²) in [6.45, 7) is 3.40. The average molecular weight is 280 g/mol. The van der Waals surface area contributed by atoms with Crippen LogP contribution in [0.15, 0.2) is 18.2 Å². The normalized spacial score (nSPS) is 9.95. The molecule has 112 valence electrons. The highest BCUT2D eigenvalue weighted by atomic mass is 16.5. The Morgan fingerprint density at radius 1 is 1.20 bits per heavy atom. The number of hydrogen-bond acceptors (Lipinski definition) is 4. The molecule has 0 saturated carbocycles. The van der Waals surface area contributed by atoms with E-state index in [2.05, 4.69) is 17.6 Å². The van der Waals surface area contributed by atoms with Crippen molar-refractivity contribution in [3.8, 4) is 11.5 Å². The van der Waals surface area contributed by atoms with Gasteiger partial charge in [0, 0.05) is 25.6 Å². The van der Waals surface area contributed by atoms with Crippen molar-refractivity contribution in [3.05, 3.63) is 18.2 Å². The first-order valence-electron chi connectivity index (χ1n) is 6.93. The van der Waals surface area contributed by atoms with Crippen molar-refractivity contribution >= 4 is 11.6 Å². The Kier molecular flexibility index (Phi) is 7.32. The van der Waals surface area contributed by atoms with Gasteiger partial charge in [0.1, 0.15) is 11.5 Å².